The van der Waals surface area contributed by atoms with Gasteiger partial charge in [-0.05, 0) is 19.1 Å². The largest absolute Gasteiger partial charge is 0.383 e. The Labute approximate surface area is 131 Å². The van der Waals surface area contributed by atoms with Crippen LogP contribution < -0.4 is 15.5 Å². The molecule has 0 bridgehead atoms. The van der Waals surface area contributed by atoms with E-state index in [1.165, 1.54) is 10.8 Å². The summed E-state index contributed by atoms with van der Waals surface area (Å²) in [5.41, 5.74) is 2.21. The monoisotopic (exact) mass is 300 g/mol. The molecule has 1 aliphatic heterocycles. The minimum absolute atomic E-state index is 0.700. The van der Waals surface area contributed by atoms with Gasteiger partial charge in [0.2, 0.25) is 0 Å². The maximum absolute atomic E-state index is 5.13. The van der Waals surface area contributed by atoms with Crippen LogP contribution in [0, 0.1) is 6.92 Å². The zero-order chi connectivity index (χ0) is 15.4. The van der Waals surface area contributed by atoms with E-state index in [1.807, 2.05) is 0 Å². The molecule has 22 heavy (non-hydrogen) atoms. The predicted octanol–water partition coefficient (Wildman–Crippen LogP) is 2.01. The number of anilines is 2. The average molecular weight is 300 g/mol. The Hall–Kier alpha value is -1.85. The van der Waals surface area contributed by atoms with Crippen molar-refractivity contribution in [2.45, 2.75) is 6.92 Å². The summed E-state index contributed by atoms with van der Waals surface area (Å²) in [5.74, 6) is 1.10. The van der Waals surface area contributed by atoms with Gasteiger partial charge in [0.25, 0.3) is 0 Å². The highest BCUT2D eigenvalue weighted by Crippen LogP contribution is 2.31. The zero-order valence-electron chi connectivity index (χ0n) is 13.4. The molecule has 0 spiro atoms. The van der Waals surface area contributed by atoms with Crippen molar-refractivity contribution in [2.75, 3.05) is 56.7 Å². The fourth-order valence-electron chi connectivity index (χ4n) is 2.94. The smallest absolute Gasteiger partial charge is 0.136 e. The molecule has 1 aromatic heterocycles. The van der Waals surface area contributed by atoms with Gasteiger partial charge < -0.3 is 20.3 Å². The second-order valence-corrected chi connectivity index (χ2v) is 5.64. The van der Waals surface area contributed by atoms with Gasteiger partial charge >= 0.3 is 0 Å². The van der Waals surface area contributed by atoms with E-state index in [2.05, 4.69) is 46.7 Å². The Balaban J connectivity index is 2.00. The average Bonchev–Trinajstić information content (AvgIpc) is 2.55. The number of pyridine rings is 1. The Bertz CT molecular complexity index is 638. The molecule has 3 rings (SSSR count). The topological polar surface area (TPSA) is 49.4 Å². The lowest BCUT2D eigenvalue weighted by Gasteiger charge is -2.30. The third kappa shape index (κ3) is 3.15. The van der Waals surface area contributed by atoms with Crippen molar-refractivity contribution >= 4 is 22.3 Å². The summed E-state index contributed by atoms with van der Waals surface area (Å²) < 4.78 is 5.13. The molecule has 0 atom stereocenters. The molecular formula is C17H24N4O. The highest BCUT2D eigenvalue weighted by Gasteiger charge is 2.16. The van der Waals surface area contributed by atoms with E-state index < -0.39 is 0 Å². The molecule has 0 aliphatic carbocycles. The summed E-state index contributed by atoms with van der Waals surface area (Å²) in [6, 6.07) is 8.55. The maximum Gasteiger partial charge on any atom is 0.136 e. The number of hydrogen-bond acceptors (Lipinski definition) is 5. The van der Waals surface area contributed by atoms with E-state index in [1.54, 1.807) is 7.11 Å². The first-order chi connectivity index (χ1) is 10.8. The lowest BCUT2D eigenvalue weighted by Crippen LogP contribution is -2.44. The van der Waals surface area contributed by atoms with E-state index in [0.717, 1.165) is 49.9 Å². The molecule has 0 unspecified atom stereocenters. The molecule has 1 aromatic carbocycles. The number of hydrogen-bond donors (Lipinski definition) is 2. The molecule has 2 heterocycles. The number of ether oxygens (including phenoxy) is 1. The fourth-order valence-corrected chi connectivity index (χ4v) is 2.94. The first kappa shape index (κ1) is 15.1. The van der Waals surface area contributed by atoms with Crippen LogP contribution in [-0.2, 0) is 4.74 Å². The third-order valence-electron chi connectivity index (χ3n) is 4.02. The van der Waals surface area contributed by atoms with Crippen LogP contribution in [-0.4, -0.2) is 51.4 Å². The highest BCUT2D eigenvalue weighted by molar-refractivity contribution is 6.00. The molecule has 118 valence electrons. The molecule has 0 saturated carbocycles. The van der Waals surface area contributed by atoms with Gasteiger partial charge in [-0.25, -0.2) is 4.98 Å². The lowest BCUT2D eigenvalue weighted by molar-refractivity contribution is 0.211. The summed E-state index contributed by atoms with van der Waals surface area (Å²) >= 11 is 0. The lowest BCUT2D eigenvalue weighted by atomic mass is 10.1. The van der Waals surface area contributed by atoms with Gasteiger partial charge in [-0.1, -0.05) is 12.1 Å². The number of nitrogens with zero attached hydrogens (tertiary/aromatic N) is 2. The standard InChI is InChI=1S/C17H24N4O/c1-13-12-15-14(4-3-5-16(15)19-8-11-22-2)17(20-13)21-9-6-18-7-10-21/h3-5,12,18-19H,6-11H2,1-2H3. The molecule has 2 N–H and O–H groups in total. The molecule has 2 aromatic rings. The molecular weight excluding hydrogens is 276 g/mol. The zero-order valence-corrected chi connectivity index (χ0v) is 13.4. The minimum atomic E-state index is 0.700. The van der Waals surface area contributed by atoms with Crippen molar-refractivity contribution in [2.24, 2.45) is 0 Å². The van der Waals surface area contributed by atoms with Crippen LogP contribution in [0.2, 0.25) is 0 Å². The minimum Gasteiger partial charge on any atom is -0.383 e. The quantitative estimate of drug-likeness (QED) is 0.827. The number of aromatic nitrogens is 1. The number of nitrogens with one attached hydrogen (secondary N) is 2. The number of methoxy groups -OCH3 is 1. The maximum atomic E-state index is 5.13. The van der Waals surface area contributed by atoms with Crippen LogP contribution in [0.4, 0.5) is 11.5 Å². The molecule has 5 nitrogen and oxygen atoms in total. The Morgan fingerprint density at radius 3 is 2.86 bits per heavy atom. The van der Waals surface area contributed by atoms with Crippen molar-refractivity contribution < 1.29 is 4.74 Å². The van der Waals surface area contributed by atoms with Crippen LogP contribution in [0.15, 0.2) is 24.3 Å². The fraction of sp³-hybridized carbons (Fsp3) is 0.471. The molecule has 0 radical (unpaired) electrons. The summed E-state index contributed by atoms with van der Waals surface area (Å²) in [6.07, 6.45) is 0. The highest BCUT2D eigenvalue weighted by atomic mass is 16.5. The van der Waals surface area contributed by atoms with E-state index in [4.69, 9.17) is 9.72 Å². The first-order valence-electron chi connectivity index (χ1n) is 7.88. The number of benzene rings is 1. The van der Waals surface area contributed by atoms with Crippen LogP contribution in [0.3, 0.4) is 0 Å². The molecule has 1 fully saturated rings. The van der Waals surface area contributed by atoms with Crippen molar-refractivity contribution in [3.8, 4) is 0 Å². The third-order valence-corrected chi connectivity index (χ3v) is 4.02. The van der Waals surface area contributed by atoms with Gasteiger partial charge in [-0.2, -0.15) is 0 Å². The van der Waals surface area contributed by atoms with Crippen molar-refractivity contribution in [1.29, 1.82) is 0 Å². The summed E-state index contributed by atoms with van der Waals surface area (Å²) in [7, 11) is 1.72. The van der Waals surface area contributed by atoms with E-state index in [0.29, 0.717) is 6.61 Å². The predicted molar refractivity (Wildman–Crippen MR) is 91.9 cm³/mol. The Morgan fingerprint density at radius 2 is 2.09 bits per heavy atom. The van der Waals surface area contributed by atoms with Gasteiger partial charge in [0.15, 0.2) is 0 Å². The number of piperazine rings is 1. The number of fused-ring (bicyclic) bond motifs is 1. The summed E-state index contributed by atoms with van der Waals surface area (Å²) in [6.45, 7) is 7.62. The Kier molecular flexibility index (Phi) is 4.75. The van der Waals surface area contributed by atoms with Crippen LogP contribution >= 0.6 is 0 Å². The van der Waals surface area contributed by atoms with Gasteiger partial charge in [-0.15, -0.1) is 0 Å². The van der Waals surface area contributed by atoms with Crippen molar-refractivity contribution in [3.05, 3.63) is 30.0 Å². The second kappa shape index (κ2) is 6.94. The van der Waals surface area contributed by atoms with E-state index in [-0.39, 0.29) is 0 Å². The van der Waals surface area contributed by atoms with Crippen LogP contribution in [0.25, 0.3) is 10.8 Å². The number of aryl methyl sites for hydroxylation is 1. The van der Waals surface area contributed by atoms with E-state index >= 15 is 0 Å². The first-order valence-corrected chi connectivity index (χ1v) is 7.88. The normalized spacial score (nSPS) is 15.3. The SMILES string of the molecule is COCCNc1cccc2c(N3CCNCC3)nc(C)cc12. The van der Waals surface area contributed by atoms with E-state index in [9.17, 15) is 0 Å². The van der Waals surface area contributed by atoms with Crippen molar-refractivity contribution in [1.82, 2.24) is 10.3 Å². The van der Waals surface area contributed by atoms with Gasteiger partial charge in [0, 0.05) is 62.0 Å². The van der Waals surface area contributed by atoms with Gasteiger partial charge in [0.05, 0.1) is 6.61 Å². The molecule has 0 amide bonds. The molecule has 1 saturated heterocycles. The van der Waals surface area contributed by atoms with Crippen LogP contribution in [0.1, 0.15) is 5.69 Å². The van der Waals surface area contributed by atoms with Gasteiger partial charge in [-0.3, -0.25) is 0 Å². The molecule has 1 aliphatic rings. The Morgan fingerprint density at radius 1 is 1.27 bits per heavy atom. The summed E-state index contributed by atoms with van der Waals surface area (Å²) in [4.78, 5) is 7.19. The van der Waals surface area contributed by atoms with Crippen molar-refractivity contribution in [3.63, 3.8) is 0 Å². The second-order valence-electron chi connectivity index (χ2n) is 5.64. The molecule has 5 heteroatoms. The summed E-state index contributed by atoms with van der Waals surface area (Å²) in [5, 5.41) is 9.31. The van der Waals surface area contributed by atoms with Gasteiger partial charge in [0.1, 0.15) is 5.82 Å². The van der Waals surface area contributed by atoms with Crippen LogP contribution in [0.5, 0.6) is 0 Å². The number of rotatable bonds is 5.